The Hall–Kier alpha value is -2.49. The maximum Gasteiger partial charge on any atom is 0.334 e. The zero-order valence-corrected chi connectivity index (χ0v) is 15.7. The molecule has 1 aliphatic rings. The molecule has 10 heteroatoms. The van der Waals surface area contributed by atoms with Crippen molar-refractivity contribution >= 4 is 27.6 Å². The predicted octanol–water partition coefficient (Wildman–Crippen LogP) is 1.99. The normalized spacial score (nSPS) is 17.0. The largest absolute Gasteiger partial charge is 0.466 e. The fourth-order valence-corrected chi connectivity index (χ4v) is 4.39. The maximum absolute atomic E-state index is 14.3. The Bertz CT molecular complexity index is 860. The fraction of sp³-hybridized carbons (Fsp3) is 0.412. The van der Waals surface area contributed by atoms with E-state index in [2.05, 4.69) is 10.1 Å². The molecule has 1 aromatic rings. The summed E-state index contributed by atoms with van der Waals surface area (Å²) in [6.45, 7) is 1.15. The molecule has 27 heavy (non-hydrogen) atoms. The summed E-state index contributed by atoms with van der Waals surface area (Å²) < 4.78 is 60.3. The van der Waals surface area contributed by atoms with E-state index >= 15 is 0 Å². The summed E-state index contributed by atoms with van der Waals surface area (Å²) in [6.07, 6.45) is 2.60. The predicted molar refractivity (Wildman–Crippen MR) is 94.2 cm³/mol. The van der Waals surface area contributed by atoms with Gasteiger partial charge in [0.1, 0.15) is 10.9 Å². The van der Waals surface area contributed by atoms with Crippen molar-refractivity contribution in [3.63, 3.8) is 0 Å². The van der Waals surface area contributed by atoms with Gasteiger partial charge in [0.2, 0.25) is 15.9 Å². The number of amides is 1. The first-order valence-electron chi connectivity index (χ1n) is 8.18. The van der Waals surface area contributed by atoms with Gasteiger partial charge in [0.05, 0.1) is 12.7 Å². The van der Waals surface area contributed by atoms with Crippen LogP contribution in [0.2, 0.25) is 0 Å². The van der Waals surface area contributed by atoms with Gasteiger partial charge in [-0.2, -0.15) is 0 Å². The van der Waals surface area contributed by atoms with Crippen LogP contribution in [0, 0.1) is 11.6 Å². The number of hydrogen-bond acceptors (Lipinski definition) is 5. The van der Waals surface area contributed by atoms with Crippen LogP contribution in [0.25, 0.3) is 0 Å². The number of ether oxygens (including phenoxy) is 1. The molecular formula is C17H20F2N2O5S. The SMILES string of the molecule is COC(=O)C1=CCCCC1S(=O)(=O)Nc1c(F)cc(CNC(C)=O)cc1F. The molecule has 2 N–H and O–H groups in total. The van der Waals surface area contributed by atoms with Crippen molar-refractivity contribution in [2.24, 2.45) is 0 Å². The number of methoxy groups -OCH3 is 1. The maximum atomic E-state index is 14.3. The third-order valence-electron chi connectivity index (χ3n) is 4.06. The smallest absolute Gasteiger partial charge is 0.334 e. The second-order valence-electron chi connectivity index (χ2n) is 6.06. The van der Waals surface area contributed by atoms with Crippen molar-refractivity contribution in [2.45, 2.75) is 38.0 Å². The van der Waals surface area contributed by atoms with Gasteiger partial charge in [-0.15, -0.1) is 0 Å². The van der Waals surface area contributed by atoms with E-state index in [1.54, 1.807) is 0 Å². The van der Waals surface area contributed by atoms with Crippen molar-refractivity contribution < 1.29 is 31.5 Å². The Morgan fingerprint density at radius 1 is 1.26 bits per heavy atom. The number of carbonyl (C=O) groups is 2. The van der Waals surface area contributed by atoms with E-state index in [0.717, 1.165) is 19.2 Å². The molecule has 0 saturated heterocycles. The zero-order valence-electron chi connectivity index (χ0n) is 14.8. The number of anilines is 1. The molecule has 0 saturated carbocycles. The van der Waals surface area contributed by atoms with Gasteiger partial charge in [0.15, 0.2) is 11.6 Å². The molecule has 7 nitrogen and oxygen atoms in total. The van der Waals surface area contributed by atoms with Crippen molar-refractivity contribution in [3.8, 4) is 0 Å². The highest BCUT2D eigenvalue weighted by molar-refractivity contribution is 7.93. The Morgan fingerprint density at radius 2 is 1.89 bits per heavy atom. The third-order valence-corrected chi connectivity index (χ3v) is 5.79. The Balaban J connectivity index is 2.29. The highest BCUT2D eigenvalue weighted by Crippen LogP contribution is 2.29. The van der Waals surface area contributed by atoms with Gasteiger partial charge in [0, 0.05) is 13.5 Å². The van der Waals surface area contributed by atoms with Crippen LogP contribution in [0.3, 0.4) is 0 Å². The number of hydrogen-bond donors (Lipinski definition) is 2. The van der Waals surface area contributed by atoms with Gasteiger partial charge in [-0.25, -0.2) is 22.0 Å². The van der Waals surface area contributed by atoms with Crippen LogP contribution in [0.15, 0.2) is 23.8 Å². The summed E-state index contributed by atoms with van der Waals surface area (Å²) in [5.41, 5.74) is -0.758. The van der Waals surface area contributed by atoms with E-state index in [1.807, 2.05) is 4.72 Å². The quantitative estimate of drug-likeness (QED) is 0.709. The lowest BCUT2D eigenvalue weighted by molar-refractivity contribution is -0.136. The standard InChI is InChI=1S/C17H20F2N2O5S/c1-10(22)20-9-11-7-13(18)16(14(19)8-11)21-27(24,25)15-6-4-3-5-12(15)17(23)26-2/h5,7-8,15,21H,3-4,6,9H2,1-2H3,(H,20,22). The Labute approximate surface area is 155 Å². The summed E-state index contributed by atoms with van der Waals surface area (Å²) in [6, 6.07) is 1.85. The molecule has 1 atom stereocenters. The molecule has 1 aromatic carbocycles. The first kappa shape index (κ1) is 20.8. The second-order valence-corrected chi connectivity index (χ2v) is 7.93. The van der Waals surface area contributed by atoms with Gasteiger partial charge >= 0.3 is 5.97 Å². The molecule has 1 aliphatic carbocycles. The molecule has 0 aliphatic heterocycles. The van der Waals surface area contributed by atoms with Gasteiger partial charge in [-0.3, -0.25) is 9.52 Å². The average Bonchev–Trinajstić information content (AvgIpc) is 2.62. The van der Waals surface area contributed by atoms with Crippen LogP contribution in [0.4, 0.5) is 14.5 Å². The van der Waals surface area contributed by atoms with Crippen LogP contribution in [0.5, 0.6) is 0 Å². The number of carbonyl (C=O) groups excluding carboxylic acids is 2. The number of esters is 1. The van der Waals surface area contributed by atoms with E-state index in [4.69, 9.17) is 0 Å². The van der Waals surface area contributed by atoms with E-state index in [0.29, 0.717) is 12.8 Å². The number of nitrogens with one attached hydrogen (secondary N) is 2. The number of rotatable bonds is 6. The number of halogens is 2. The van der Waals surface area contributed by atoms with Gasteiger partial charge < -0.3 is 10.1 Å². The molecule has 1 amide bonds. The molecule has 0 spiro atoms. The van der Waals surface area contributed by atoms with Crippen LogP contribution >= 0.6 is 0 Å². The lowest BCUT2D eigenvalue weighted by Gasteiger charge is -2.23. The molecule has 0 fully saturated rings. The monoisotopic (exact) mass is 402 g/mol. The number of sulfonamides is 1. The minimum Gasteiger partial charge on any atom is -0.466 e. The Kier molecular flexibility index (Phi) is 6.53. The molecule has 0 bridgehead atoms. The van der Waals surface area contributed by atoms with Crippen LogP contribution in [0.1, 0.15) is 31.7 Å². The van der Waals surface area contributed by atoms with Crippen LogP contribution in [-0.4, -0.2) is 32.7 Å². The van der Waals surface area contributed by atoms with Crippen molar-refractivity contribution in [1.29, 1.82) is 0 Å². The molecular weight excluding hydrogens is 382 g/mol. The van der Waals surface area contributed by atoms with Crippen molar-refractivity contribution in [1.82, 2.24) is 5.32 Å². The molecule has 0 aromatic heterocycles. The van der Waals surface area contributed by atoms with Crippen LogP contribution in [-0.2, 0) is 30.9 Å². The lowest BCUT2D eigenvalue weighted by Crippen LogP contribution is -2.35. The number of allylic oxidation sites excluding steroid dienone is 1. The number of benzene rings is 1. The van der Waals surface area contributed by atoms with Gasteiger partial charge in [-0.05, 0) is 37.0 Å². The fourth-order valence-electron chi connectivity index (χ4n) is 2.77. The first-order valence-corrected chi connectivity index (χ1v) is 9.72. The average molecular weight is 402 g/mol. The summed E-state index contributed by atoms with van der Waals surface area (Å²) in [4.78, 5) is 22.7. The lowest BCUT2D eigenvalue weighted by atomic mass is 9.99. The van der Waals surface area contributed by atoms with Gasteiger partial charge in [-0.1, -0.05) is 6.08 Å². The van der Waals surface area contributed by atoms with E-state index in [1.165, 1.54) is 13.0 Å². The van der Waals surface area contributed by atoms with Crippen molar-refractivity contribution in [2.75, 3.05) is 11.8 Å². The summed E-state index contributed by atoms with van der Waals surface area (Å²) >= 11 is 0. The summed E-state index contributed by atoms with van der Waals surface area (Å²) in [5.74, 6) is -3.42. The van der Waals surface area contributed by atoms with Crippen LogP contribution < -0.4 is 10.0 Å². The molecule has 148 valence electrons. The molecule has 0 radical (unpaired) electrons. The van der Waals surface area contributed by atoms with Crippen molar-refractivity contribution in [3.05, 3.63) is 41.0 Å². The minimum absolute atomic E-state index is 0.0562. The highest BCUT2D eigenvalue weighted by Gasteiger charge is 2.36. The zero-order chi connectivity index (χ0) is 20.2. The van der Waals surface area contributed by atoms with E-state index in [-0.39, 0.29) is 30.0 Å². The third kappa shape index (κ3) is 5.03. The minimum atomic E-state index is -4.29. The second kappa shape index (κ2) is 8.47. The molecule has 1 unspecified atom stereocenters. The first-order chi connectivity index (χ1) is 12.7. The molecule has 0 heterocycles. The van der Waals surface area contributed by atoms with Gasteiger partial charge in [0.25, 0.3) is 0 Å². The highest BCUT2D eigenvalue weighted by atomic mass is 32.2. The molecule has 2 rings (SSSR count). The van der Waals surface area contributed by atoms with E-state index in [9.17, 15) is 26.8 Å². The topological polar surface area (TPSA) is 102 Å². The summed E-state index contributed by atoms with van der Waals surface area (Å²) in [7, 11) is -3.17. The Morgan fingerprint density at radius 3 is 2.44 bits per heavy atom. The van der Waals surface area contributed by atoms with E-state index < -0.39 is 38.6 Å². The summed E-state index contributed by atoms with van der Waals surface area (Å²) in [5, 5.41) is 1.12.